The molecule has 1 aromatic heterocycles. The van der Waals surface area contributed by atoms with Crippen LogP contribution >= 0.6 is 0 Å². The number of nitro groups is 1. The van der Waals surface area contributed by atoms with Crippen molar-refractivity contribution in [3.8, 4) is 0 Å². The molecule has 4 saturated carbocycles. The van der Waals surface area contributed by atoms with E-state index in [4.69, 9.17) is 4.42 Å². The second-order valence-corrected chi connectivity index (χ2v) is 8.55. The van der Waals surface area contributed by atoms with E-state index in [0.717, 1.165) is 19.3 Å². The van der Waals surface area contributed by atoms with Crippen LogP contribution in [0, 0.1) is 27.9 Å². The topological polar surface area (TPSA) is 102 Å². The van der Waals surface area contributed by atoms with E-state index in [1.54, 1.807) is 6.07 Å². The third kappa shape index (κ3) is 2.64. The maximum Gasteiger partial charge on any atom is 0.349 e. The van der Waals surface area contributed by atoms with Crippen LogP contribution in [0.5, 0.6) is 0 Å². The standard InChI is InChI=1S/C20H20N2O5/c23-18(21-20-8-11-4-12(9-20)6-13(5-11)10-20)15-7-14-2-1-3-16(22(25)26)17(14)27-19(15)24/h1-3,7,11-13H,4-6,8-10H2,(H,21,23). The highest BCUT2D eigenvalue weighted by Crippen LogP contribution is 2.55. The number of non-ortho nitro benzene ring substituents is 1. The van der Waals surface area contributed by atoms with Crippen molar-refractivity contribution in [2.75, 3.05) is 0 Å². The highest BCUT2D eigenvalue weighted by atomic mass is 16.6. The molecule has 7 heteroatoms. The van der Waals surface area contributed by atoms with E-state index >= 15 is 0 Å². The summed E-state index contributed by atoms with van der Waals surface area (Å²) in [5.41, 5.74) is -1.51. The first-order chi connectivity index (χ1) is 12.9. The summed E-state index contributed by atoms with van der Waals surface area (Å²) in [4.78, 5) is 35.8. The van der Waals surface area contributed by atoms with Crippen molar-refractivity contribution in [2.24, 2.45) is 17.8 Å². The largest absolute Gasteiger partial charge is 0.415 e. The fourth-order valence-electron chi connectivity index (χ4n) is 6.00. The Hall–Kier alpha value is -2.70. The van der Waals surface area contributed by atoms with Gasteiger partial charge in [0.25, 0.3) is 5.91 Å². The molecule has 0 aliphatic heterocycles. The third-order valence-corrected chi connectivity index (χ3v) is 6.60. The Bertz CT molecular complexity index is 989. The van der Waals surface area contributed by atoms with Gasteiger partial charge in [-0.15, -0.1) is 0 Å². The molecule has 4 fully saturated rings. The summed E-state index contributed by atoms with van der Waals surface area (Å²) in [6.07, 6.45) is 6.73. The van der Waals surface area contributed by atoms with Crippen LogP contribution in [0.4, 0.5) is 5.69 Å². The smallest absolute Gasteiger partial charge is 0.349 e. The van der Waals surface area contributed by atoms with Crippen molar-refractivity contribution in [1.82, 2.24) is 5.32 Å². The second kappa shape index (κ2) is 5.65. The zero-order valence-corrected chi connectivity index (χ0v) is 14.8. The molecule has 0 unspecified atom stereocenters. The minimum Gasteiger partial charge on any atom is -0.415 e. The summed E-state index contributed by atoms with van der Waals surface area (Å²) >= 11 is 0. The molecule has 1 aromatic carbocycles. The van der Waals surface area contributed by atoms with Gasteiger partial charge in [0.05, 0.1) is 4.92 Å². The predicted molar refractivity (Wildman–Crippen MR) is 97.5 cm³/mol. The first-order valence-corrected chi connectivity index (χ1v) is 9.46. The van der Waals surface area contributed by atoms with Crippen molar-refractivity contribution in [3.63, 3.8) is 0 Å². The van der Waals surface area contributed by atoms with Crippen molar-refractivity contribution in [3.05, 3.63) is 50.4 Å². The molecule has 1 N–H and O–H groups in total. The lowest BCUT2D eigenvalue weighted by Gasteiger charge is -2.56. The van der Waals surface area contributed by atoms with Crippen LogP contribution in [0.25, 0.3) is 11.0 Å². The number of nitro benzene ring substituents is 1. The van der Waals surface area contributed by atoms with E-state index in [1.807, 2.05) is 0 Å². The number of carbonyl (C=O) groups excluding carboxylic acids is 1. The van der Waals surface area contributed by atoms with Gasteiger partial charge in [0.1, 0.15) is 5.56 Å². The molecule has 0 atom stereocenters. The van der Waals surface area contributed by atoms with Gasteiger partial charge in [0.15, 0.2) is 0 Å². The maximum atomic E-state index is 12.9. The number of hydrogen-bond donors (Lipinski definition) is 1. The van der Waals surface area contributed by atoms with Crippen LogP contribution in [0.1, 0.15) is 48.9 Å². The van der Waals surface area contributed by atoms with E-state index in [9.17, 15) is 19.7 Å². The molecule has 4 bridgehead atoms. The van der Waals surface area contributed by atoms with Crippen molar-refractivity contribution in [2.45, 2.75) is 44.1 Å². The second-order valence-electron chi connectivity index (χ2n) is 8.55. The van der Waals surface area contributed by atoms with Crippen LogP contribution in [0.15, 0.2) is 33.5 Å². The van der Waals surface area contributed by atoms with Gasteiger partial charge in [-0.05, 0) is 62.3 Å². The molecule has 1 amide bonds. The van der Waals surface area contributed by atoms with Gasteiger partial charge in [-0.1, -0.05) is 12.1 Å². The highest BCUT2D eigenvalue weighted by molar-refractivity contribution is 5.98. The molecule has 0 spiro atoms. The summed E-state index contributed by atoms with van der Waals surface area (Å²) in [6, 6.07) is 5.80. The van der Waals surface area contributed by atoms with Crippen molar-refractivity contribution >= 4 is 22.6 Å². The van der Waals surface area contributed by atoms with E-state index in [-0.39, 0.29) is 22.4 Å². The van der Waals surface area contributed by atoms with Crippen LogP contribution in [0.2, 0.25) is 0 Å². The van der Waals surface area contributed by atoms with Crippen LogP contribution in [-0.2, 0) is 0 Å². The number of fused-ring (bicyclic) bond motifs is 1. The van der Waals surface area contributed by atoms with Gasteiger partial charge in [-0.25, -0.2) is 4.79 Å². The summed E-state index contributed by atoms with van der Waals surface area (Å²) in [5, 5.41) is 14.7. The van der Waals surface area contributed by atoms with Gasteiger partial charge in [0, 0.05) is 17.0 Å². The van der Waals surface area contributed by atoms with Crippen LogP contribution in [0.3, 0.4) is 0 Å². The van der Waals surface area contributed by atoms with Gasteiger partial charge in [-0.3, -0.25) is 14.9 Å². The minimum atomic E-state index is -0.834. The first kappa shape index (κ1) is 16.5. The maximum absolute atomic E-state index is 12.9. The lowest BCUT2D eigenvalue weighted by atomic mass is 9.53. The quantitative estimate of drug-likeness (QED) is 0.508. The van der Waals surface area contributed by atoms with Crippen molar-refractivity contribution < 1.29 is 14.1 Å². The normalized spacial score (nSPS) is 31.2. The SMILES string of the molecule is O=C(NC12CC3CC(CC(C3)C1)C2)c1cc2cccc([N+](=O)[O-])c2oc1=O. The van der Waals surface area contributed by atoms with Crippen molar-refractivity contribution in [1.29, 1.82) is 0 Å². The Morgan fingerprint density at radius 3 is 2.37 bits per heavy atom. The molecule has 6 rings (SSSR count). The van der Waals surface area contributed by atoms with Gasteiger partial charge in [0.2, 0.25) is 5.58 Å². The summed E-state index contributed by atoms with van der Waals surface area (Å²) in [5.74, 6) is 1.59. The lowest BCUT2D eigenvalue weighted by Crippen LogP contribution is -2.60. The van der Waals surface area contributed by atoms with Crippen LogP contribution in [-0.4, -0.2) is 16.4 Å². The number of hydrogen-bond acceptors (Lipinski definition) is 5. The Balaban J connectivity index is 1.49. The number of amides is 1. The summed E-state index contributed by atoms with van der Waals surface area (Å²) < 4.78 is 5.17. The fraction of sp³-hybridized carbons (Fsp3) is 0.500. The molecule has 4 aliphatic carbocycles. The van der Waals surface area contributed by atoms with Gasteiger partial charge < -0.3 is 9.73 Å². The molecule has 2 aromatic rings. The number of benzene rings is 1. The van der Waals surface area contributed by atoms with Gasteiger partial charge >= 0.3 is 11.3 Å². The zero-order valence-electron chi connectivity index (χ0n) is 14.8. The van der Waals surface area contributed by atoms with E-state index in [0.29, 0.717) is 23.1 Å². The Morgan fingerprint density at radius 2 is 1.78 bits per heavy atom. The first-order valence-electron chi connectivity index (χ1n) is 9.46. The molecule has 1 heterocycles. The molecular formula is C20H20N2O5. The molecule has 140 valence electrons. The number of nitrogens with one attached hydrogen (secondary N) is 1. The predicted octanol–water partition coefficient (Wildman–Crippen LogP) is 3.40. The Kier molecular flexibility index (Phi) is 3.44. The van der Waals surface area contributed by atoms with E-state index < -0.39 is 16.5 Å². The van der Waals surface area contributed by atoms with Gasteiger partial charge in [-0.2, -0.15) is 0 Å². The molecule has 0 radical (unpaired) electrons. The molecular weight excluding hydrogens is 348 g/mol. The Morgan fingerprint density at radius 1 is 1.15 bits per heavy atom. The molecule has 7 nitrogen and oxygen atoms in total. The Labute approximate surface area is 154 Å². The monoisotopic (exact) mass is 368 g/mol. The number of nitrogens with zero attached hydrogens (tertiary/aromatic N) is 1. The summed E-state index contributed by atoms with van der Waals surface area (Å²) in [7, 11) is 0. The van der Waals surface area contributed by atoms with E-state index in [2.05, 4.69) is 5.32 Å². The number of rotatable bonds is 3. The number of para-hydroxylation sites is 1. The van der Waals surface area contributed by atoms with Crippen LogP contribution < -0.4 is 10.9 Å². The molecule has 0 saturated heterocycles. The molecule has 27 heavy (non-hydrogen) atoms. The number of carbonyl (C=O) groups is 1. The lowest BCUT2D eigenvalue weighted by molar-refractivity contribution is -0.383. The average Bonchev–Trinajstić information content (AvgIpc) is 2.58. The van der Waals surface area contributed by atoms with E-state index in [1.165, 1.54) is 37.5 Å². The summed E-state index contributed by atoms with van der Waals surface area (Å²) in [6.45, 7) is 0. The fourth-order valence-corrected chi connectivity index (χ4v) is 6.00. The average molecular weight is 368 g/mol. The molecule has 4 aliphatic rings. The third-order valence-electron chi connectivity index (χ3n) is 6.60. The minimum absolute atomic E-state index is 0.0845. The highest BCUT2D eigenvalue weighted by Gasteiger charge is 2.51. The zero-order chi connectivity index (χ0) is 18.8.